The number of rotatable bonds is 2. The molecule has 0 aromatic carbocycles. The third-order valence-corrected chi connectivity index (χ3v) is 4.12. The maximum absolute atomic E-state index is 12.7. The van der Waals surface area contributed by atoms with Gasteiger partial charge in [0.05, 0.1) is 6.20 Å². The molecule has 2 aromatic heterocycles. The van der Waals surface area contributed by atoms with E-state index < -0.39 is 11.9 Å². The number of nitrogens with one attached hydrogen (secondary N) is 1. The number of H-pyrrole nitrogens is 1. The minimum absolute atomic E-state index is 0.139. The molecule has 1 aliphatic rings. The summed E-state index contributed by atoms with van der Waals surface area (Å²) in [5, 5.41) is 8.87. The van der Waals surface area contributed by atoms with Gasteiger partial charge in [0.2, 0.25) is 0 Å². The Morgan fingerprint density at radius 3 is 2.88 bits per heavy atom. The van der Waals surface area contributed by atoms with E-state index >= 15 is 0 Å². The Balaban J connectivity index is 1.75. The molecule has 25 heavy (non-hydrogen) atoms. The number of amides is 1. The van der Waals surface area contributed by atoms with Crippen LogP contribution >= 0.6 is 0 Å². The molecule has 0 radical (unpaired) electrons. The molecule has 1 aliphatic heterocycles. The molecular weight excluding hydrogens is 335 g/mol. The monoisotopic (exact) mass is 349 g/mol. The highest BCUT2D eigenvalue weighted by Gasteiger charge is 2.35. The van der Waals surface area contributed by atoms with Crippen LogP contribution < -0.4 is 0 Å². The summed E-state index contributed by atoms with van der Waals surface area (Å²) in [7, 11) is 0. The maximum Gasteiger partial charge on any atom is 0.432 e. The van der Waals surface area contributed by atoms with Gasteiger partial charge in [0.25, 0.3) is 5.91 Å². The predicted octanol–water partition coefficient (Wildman–Crippen LogP) is 2.71. The molecule has 1 amide bonds. The highest BCUT2D eigenvalue weighted by molar-refractivity contribution is 5.94. The van der Waals surface area contributed by atoms with Crippen LogP contribution in [0.5, 0.6) is 0 Å². The van der Waals surface area contributed by atoms with Crippen LogP contribution in [0, 0.1) is 11.3 Å². The van der Waals surface area contributed by atoms with Gasteiger partial charge in [-0.15, -0.1) is 0 Å². The van der Waals surface area contributed by atoms with Gasteiger partial charge in [0.15, 0.2) is 0 Å². The smallest absolute Gasteiger partial charge is 0.338 e. The number of nitrogens with zero attached hydrogens (tertiary/aromatic N) is 4. The Morgan fingerprint density at radius 1 is 1.40 bits per heavy atom. The normalized spacial score (nSPS) is 18.0. The molecule has 130 valence electrons. The van der Waals surface area contributed by atoms with Crippen molar-refractivity contribution < 1.29 is 18.0 Å². The van der Waals surface area contributed by atoms with E-state index in [1.165, 1.54) is 18.3 Å². The van der Waals surface area contributed by atoms with Gasteiger partial charge >= 0.3 is 6.18 Å². The fraction of sp³-hybridized carbons (Fsp3) is 0.375. The predicted molar refractivity (Wildman–Crippen MR) is 80.4 cm³/mol. The van der Waals surface area contributed by atoms with E-state index in [1.807, 2.05) is 6.07 Å². The minimum atomic E-state index is -4.47. The first kappa shape index (κ1) is 17.0. The molecule has 1 saturated heterocycles. The van der Waals surface area contributed by atoms with Crippen LogP contribution in [0.4, 0.5) is 13.2 Å². The van der Waals surface area contributed by atoms with Crippen molar-refractivity contribution >= 4 is 5.91 Å². The molecule has 3 rings (SSSR count). The molecule has 1 fully saturated rings. The van der Waals surface area contributed by atoms with Crippen LogP contribution in [-0.2, 0) is 6.18 Å². The lowest BCUT2D eigenvalue weighted by molar-refractivity contribution is -0.141. The lowest BCUT2D eigenvalue weighted by Gasteiger charge is -2.32. The second kappa shape index (κ2) is 6.55. The van der Waals surface area contributed by atoms with Crippen LogP contribution in [0.15, 0.2) is 24.5 Å². The van der Waals surface area contributed by atoms with E-state index in [4.69, 9.17) is 5.26 Å². The Morgan fingerprint density at radius 2 is 2.20 bits per heavy atom. The molecule has 0 bridgehead atoms. The zero-order chi connectivity index (χ0) is 18.0. The number of carbonyl (C=O) groups excluding carboxylic acids is 1. The summed E-state index contributed by atoms with van der Waals surface area (Å²) in [5.41, 5.74) is -0.415. The SMILES string of the molecule is N#Cc1cc(C(=O)N2CCC[C@H](c3ncc(C(F)(F)F)[nH]3)C2)ccn1. The quantitative estimate of drug-likeness (QED) is 0.903. The first-order valence-corrected chi connectivity index (χ1v) is 7.66. The Labute approximate surface area is 141 Å². The highest BCUT2D eigenvalue weighted by Crippen LogP contribution is 2.31. The van der Waals surface area contributed by atoms with Gasteiger partial charge in [0, 0.05) is 30.8 Å². The molecule has 2 aromatic rings. The van der Waals surface area contributed by atoms with E-state index in [1.54, 1.807) is 4.90 Å². The Hall–Kier alpha value is -2.89. The van der Waals surface area contributed by atoms with Crippen LogP contribution in [0.25, 0.3) is 0 Å². The largest absolute Gasteiger partial charge is 0.432 e. The second-order valence-electron chi connectivity index (χ2n) is 5.81. The summed E-state index contributed by atoms with van der Waals surface area (Å²) in [6.07, 6.45) is -1.00. The molecule has 1 atom stereocenters. The number of aromatic amines is 1. The van der Waals surface area contributed by atoms with Crippen molar-refractivity contribution in [3.63, 3.8) is 0 Å². The third-order valence-electron chi connectivity index (χ3n) is 4.12. The molecule has 6 nitrogen and oxygen atoms in total. The number of hydrogen-bond donors (Lipinski definition) is 1. The minimum Gasteiger partial charge on any atom is -0.338 e. The molecule has 3 heterocycles. The molecule has 0 aliphatic carbocycles. The van der Waals surface area contributed by atoms with E-state index in [-0.39, 0.29) is 29.9 Å². The summed E-state index contributed by atoms with van der Waals surface area (Å²) in [6.45, 7) is 0.778. The first-order chi connectivity index (χ1) is 11.9. The number of imidazole rings is 1. The highest BCUT2D eigenvalue weighted by atomic mass is 19.4. The van der Waals surface area contributed by atoms with Crippen LogP contribution in [-0.4, -0.2) is 38.8 Å². The number of nitriles is 1. The van der Waals surface area contributed by atoms with Crippen molar-refractivity contribution in [2.24, 2.45) is 0 Å². The molecule has 1 N–H and O–H groups in total. The summed E-state index contributed by atoms with van der Waals surface area (Å²) in [5.74, 6) is -0.324. The van der Waals surface area contributed by atoms with Crippen molar-refractivity contribution in [2.75, 3.05) is 13.1 Å². The zero-order valence-electron chi connectivity index (χ0n) is 13.0. The number of carbonyl (C=O) groups is 1. The van der Waals surface area contributed by atoms with Gasteiger partial charge in [-0.05, 0) is 25.0 Å². The fourth-order valence-electron chi connectivity index (χ4n) is 2.88. The molecular formula is C16H14F3N5O. The molecule has 0 spiro atoms. The van der Waals surface area contributed by atoms with Gasteiger partial charge in [0.1, 0.15) is 23.3 Å². The molecule has 0 unspecified atom stereocenters. The third kappa shape index (κ3) is 3.63. The van der Waals surface area contributed by atoms with Gasteiger partial charge in [-0.3, -0.25) is 4.79 Å². The van der Waals surface area contributed by atoms with Gasteiger partial charge in [-0.2, -0.15) is 18.4 Å². The van der Waals surface area contributed by atoms with Gasteiger partial charge in [-0.25, -0.2) is 9.97 Å². The molecule has 9 heteroatoms. The summed E-state index contributed by atoms with van der Waals surface area (Å²) < 4.78 is 38.1. The zero-order valence-corrected chi connectivity index (χ0v) is 13.0. The summed E-state index contributed by atoms with van der Waals surface area (Å²) in [6, 6.07) is 4.79. The molecule has 0 saturated carbocycles. The van der Waals surface area contributed by atoms with Crippen LogP contribution in [0.3, 0.4) is 0 Å². The summed E-state index contributed by atoms with van der Waals surface area (Å²) in [4.78, 5) is 24.1. The average Bonchev–Trinajstić information content (AvgIpc) is 3.12. The maximum atomic E-state index is 12.7. The van der Waals surface area contributed by atoms with E-state index in [2.05, 4.69) is 15.0 Å². The lowest BCUT2D eigenvalue weighted by atomic mass is 9.96. The van der Waals surface area contributed by atoms with Crippen molar-refractivity contribution in [3.05, 3.63) is 47.3 Å². The van der Waals surface area contributed by atoms with E-state index in [9.17, 15) is 18.0 Å². The number of aromatic nitrogens is 3. The van der Waals surface area contributed by atoms with E-state index in [0.29, 0.717) is 24.9 Å². The number of halogens is 3. The Kier molecular flexibility index (Phi) is 4.44. The van der Waals surface area contributed by atoms with E-state index in [0.717, 1.165) is 6.20 Å². The first-order valence-electron chi connectivity index (χ1n) is 7.66. The van der Waals surface area contributed by atoms with Crippen molar-refractivity contribution in [1.82, 2.24) is 19.9 Å². The summed E-state index contributed by atoms with van der Waals surface area (Å²) >= 11 is 0. The fourth-order valence-corrected chi connectivity index (χ4v) is 2.88. The number of hydrogen-bond acceptors (Lipinski definition) is 4. The van der Waals surface area contributed by atoms with Gasteiger partial charge < -0.3 is 9.88 Å². The average molecular weight is 349 g/mol. The topological polar surface area (TPSA) is 85.7 Å². The van der Waals surface area contributed by atoms with Gasteiger partial charge in [-0.1, -0.05) is 0 Å². The van der Waals surface area contributed by atoms with Crippen molar-refractivity contribution in [3.8, 4) is 6.07 Å². The van der Waals surface area contributed by atoms with Crippen LogP contribution in [0.1, 0.15) is 46.3 Å². The number of likely N-dealkylation sites (tertiary alicyclic amines) is 1. The second-order valence-corrected chi connectivity index (χ2v) is 5.81. The lowest BCUT2D eigenvalue weighted by Crippen LogP contribution is -2.39. The number of alkyl halides is 3. The standard InChI is InChI=1S/C16H14F3N5O/c17-16(18,19)13-8-22-14(23-13)11-2-1-5-24(9-11)15(25)10-3-4-21-12(6-10)7-20/h3-4,6,8,11H,1-2,5,9H2,(H,22,23)/t11-/m0/s1. The number of piperidine rings is 1. The Bertz CT molecular complexity index is 824. The van der Waals surface area contributed by atoms with Crippen LogP contribution in [0.2, 0.25) is 0 Å². The van der Waals surface area contributed by atoms with Crippen molar-refractivity contribution in [1.29, 1.82) is 5.26 Å². The van der Waals surface area contributed by atoms with Crippen molar-refractivity contribution in [2.45, 2.75) is 24.9 Å². The number of pyridine rings is 1.